The molecule has 0 radical (unpaired) electrons. The number of hydrogen-bond donors (Lipinski definition) is 1. The molecule has 1 aliphatic heterocycles. The maximum atomic E-state index is 12.5. The average molecular weight is 328 g/mol. The minimum atomic E-state index is -4.33. The van der Waals surface area contributed by atoms with Gasteiger partial charge in [-0.15, -0.1) is 0 Å². The van der Waals surface area contributed by atoms with E-state index >= 15 is 0 Å². The summed E-state index contributed by atoms with van der Waals surface area (Å²) in [5.74, 6) is 0.347. The van der Waals surface area contributed by atoms with E-state index < -0.39 is 17.8 Å². The lowest BCUT2D eigenvalue weighted by Crippen LogP contribution is -2.42. The molecule has 1 aromatic rings. The van der Waals surface area contributed by atoms with Crippen LogP contribution in [0, 0.1) is 0 Å². The van der Waals surface area contributed by atoms with Gasteiger partial charge in [0.25, 0.3) is 0 Å². The van der Waals surface area contributed by atoms with Crippen molar-refractivity contribution in [3.05, 3.63) is 42.2 Å². The number of ether oxygens (including phenoxy) is 1. The third kappa shape index (κ3) is 4.91. The number of nitrogens with one attached hydrogen (secondary N) is 1. The summed E-state index contributed by atoms with van der Waals surface area (Å²) in [6.07, 6.45) is -3.34. The fourth-order valence-corrected chi connectivity index (χ4v) is 2.41. The molecule has 0 unspecified atom stereocenters. The fraction of sp³-hybridized carbons (Fsp3) is 0.438. The van der Waals surface area contributed by atoms with Gasteiger partial charge in [-0.25, -0.2) is 4.79 Å². The summed E-state index contributed by atoms with van der Waals surface area (Å²) >= 11 is 0. The molecule has 1 heterocycles. The van der Waals surface area contributed by atoms with Crippen LogP contribution in [0.1, 0.15) is 25.3 Å². The first-order chi connectivity index (χ1) is 10.8. The van der Waals surface area contributed by atoms with Crippen molar-refractivity contribution >= 4 is 11.8 Å². The van der Waals surface area contributed by atoms with Crippen molar-refractivity contribution in [2.45, 2.75) is 32.0 Å². The zero-order valence-electron chi connectivity index (χ0n) is 12.8. The third-order valence-electron chi connectivity index (χ3n) is 3.60. The van der Waals surface area contributed by atoms with Crippen LogP contribution < -0.4 is 5.32 Å². The maximum absolute atomic E-state index is 12.5. The predicted molar refractivity (Wildman–Crippen MR) is 81.0 cm³/mol. The molecule has 1 saturated heterocycles. The monoisotopic (exact) mass is 328 g/mol. The predicted octanol–water partition coefficient (Wildman–Crippen LogP) is 4.25. The molecule has 4 nitrogen and oxygen atoms in total. The maximum Gasteiger partial charge on any atom is 0.416 e. The van der Waals surface area contributed by atoms with Gasteiger partial charge < -0.3 is 15.0 Å². The second kappa shape index (κ2) is 6.93. The van der Waals surface area contributed by atoms with Gasteiger partial charge in [0.05, 0.1) is 11.3 Å². The molecule has 1 fully saturated rings. The SMILES string of the molecule is C=C(C)OC(=O)N1CCC(Nc2ccc(C(F)(F)F)cc2)CC1. The molecule has 1 N–H and O–H groups in total. The topological polar surface area (TPSA) is 41.6 Å². The van der Waals surface area contributed by atoms with E-state index in [4.69, 9.17) is 4.74 Å². The van der Waals surface area contributed by atoms with E-state index in [9.17, 15) is 18.0 Å². The highest BCUT2D eigenvalue weighted by atomic mass is 19.4. The van der Waals surface area contributed by atoms with Gasteiger partial charge in [0.15, 0.2) is 0 Å². The molecule has 1 amide bonds. The standard InChI is InChI=1S/C16H19F3N2O2/c1-11(2)23-15(22)21-9-7-14(8-10-21)20-13-5-3-12(4-6-13)16(17,18)19/h3-6,14,20H,1,7-10H2,2H3. The summed E-state index contributed by atoms with van der Waals surface area (Å²) < 4.78 is 42.5. The molecule has 2 rings (SSSR count). The van der Waals surface area contributed by atoms with E-state index in [-0.39, 0.29) is 6.04 Å². The van der Waals surface area contributed by atoms with Gasteiger partial charge in [-0.1, -0.05) is 6.58 Å². The zero-order valence-corrected chi connectivity index (χ0v) is 12.8. The lowest BCUT2D eigenvalue weighted by molar-refractivity contribution is -0.137. The lowest BCUT2D eigenvalue weighted by atomic mass is 10.0. The molecular weight excluding hydrogens is 309 g/mol. The minimum absolute atomic E-state index is 0.112. The highest BCUT2D eigenvalue weighted by molar-refractivity contribution is 5.68. The van der Waals surface area contributed by atoms with Crippen LogP contribution in [-0.2, 0) is 10.9 Å². The van der Waals surface area contributed by atoms with E-state index in [1.54, 1.807) is 11.8 Å². The number of anilines is 1. The first kappa shape index (κ1) is 17.2. The summed E-state index contributed by atoms with van der Waals surface area (Å²) in [6, 6.07) is 5.07. The first-order valence-corrected chi connectivity index (χ1v) is 7.32. The van der Waals surface area contributed by atoms with Crippen LogP contribution >= 0.6 is 0 Å². The van der Waals surface area contributed by atoms with Crippen LogP contribution in [-0.4, -0.2) is 30.1 Å². The largest absolute Gasteiger partial charge is 0.416 e. The molecular formula is C16H19F3N2O2. The molecule has 0 atom stereocenters. The van der Waals surface area contributed by atoms with Crippen molar-refractivity contribution < 1.29 is 22.7 Å². The van der Waals surface area contributed by atoms with Crippen LogP contribution in [0.25, 0.3) is 0 Å². The van der Waals surface area contributed by atoms with Gasteiger partial charge in [0.1, 0.15) is 0 Å². The Balaban J connectivity index is 1.84. The molecule has 1 aromatic carbocycles. The normalized spacial score (nSPS) is 16.1. The Bertz CT molecular complexity index is 562. The van der Waals surface area contributed by atoms with E-state index in [1.165, 1.54) is 12.1 Å². The number of alkyl halides is 3. The highest BCUT2D eigenvalue weighted by Gasteiger charge is 2.30. The minimum Gasteiger partial charge on any atom is -0.416 e. The molecule has 1 aliphatic rings. The zero-order chi connectivity index (χ0) is 17.0. The molecule has 126 valence electrons. The number of carbonyl (C=O) groups is 1. The molecule has 23 heavy (non-hydrogen) atoms. The van der Waals surface area contributed by atoms with Gasteiger partial charge in [0.2, 0.25) is 0 Å². The number of rotatable bonds is 3. The molecule has 0 aliphatic carbocycles. The third-order valence-corrected chi connectivity index (χ3v) is 3.60. The van der Waals surface area contributed by atoms with E-state index in [0.717, 1.165) is 12.1 Å². The Morgan fingerprint density at radius 1 is 1.26 bits per heavy atom. The summed E-state index contributed by atoms with van der Waals surface area (Å²) in [5, 5.41) is 3.20. The molecule has 0 bridgehead atoms. The molecule has 7 heteroatoms. The number of carbonyl (C=O) groups excluding carboxylic acids is 1. The van der Waals surface area contributed by atoms with Crippen molar-refractivity contribution in [1.29, 1.82) is 0 Å². The molecule has 0 aromatic heterocycles. The Kier molecular flexibility index (Phi) is 5.18. The van der Waals surface area contributed by atoms with Crippen LogP contribution in [0.3, 0.4) is 0 Å². The van der Waals surface area contributed by atoms with Gasteiger partial charge in [-0.05, 0) is 44.0 Å². The van der Waals surface area contributed by atoms with Crippen molar-refractivity contribution in [3.63, 3.8) is 0 Å². The van der Waals surface area contributed by atoms with Crippen LogP contribution in [0.2, 0.25) is 0 Å². The highest BCUT2D eigenvalue weighted by Crippen LogP contribution is 2.30. The molecule has 0 saturated carbocycles. The number of allylic oxidation sites excluding steroid dienone is 1. The van der Waals surface area contributed by atoms with Crippen molar-refractivity contribution in [2.24, 2.45) is 0 Å². The Labute approximate surface area is 132 Å². The van der Waals surface area contributed by atoms with Gasteiger partial charge in [0, 0.05) is 24.8 Å². The number of halogens is 3. The second-order valence-electron chi connectivity index (χ2n) is 5.55. The van der Waals surface area contributed by atoms with Crippen LogP contribution in [0.15, 0.2) is 36.6 Å². The van der Waals surface area contributed by atoms with Gasteiger partial charge in [-0.2, -0.15) is 13.2 Å². The first-order valence-electron chi connectivity index (χ1n) is 7.32. The van der Waals surface area contributed by atoms with Gasteiger partial charge >= 0.3 is 12.3 Å². The number of hydrogen-bond acceptors (Lipinski definition) is 3. The van der Waals surface area contributed by atoms with E-state index in [0.29, 0.717) is 37.4 Å². The number of amides is 1. The summed E-state index contributed by atoms with van der Waals surface area (Å²) in [4.78, 5) is 13.3. The number of piperidine rings is 1. The van der Waals surface area contributed by atoms with Crippen LogP contribution in [0.5, 0.6) is 0 Å². The Hall–Kier alpha value is -2.18. The van der Waals surface area contributed by atoms with Crippen molar-refractivity contribution in [1.82, 2.24) is 4.90 Å². The Morgan fingerprint density at radius 2 is 1.83 bits per heavy atom. The Morgan fingerprint density at radius 3 is 2.30 bits per heavy atom. The smallest absolute Gasteiger partial charge is 0.416 e. The number of nitrogens with zero attached hydrogens (tertiary/aromatic N) is 1. The van der Waals surface area contributed by atoms with Crippen molar-refractivity contribution in [2.75, 3.05) is 18.4 Å². The summed E-state index contributed by atoms with van der Waals surface area (Å²) in [6.45, 7) is 6.20. The average Bonchev–Trinajstić information content (AvgIpc) is 2.47. The van der Waals surface area contributed by atoms with Gasteiger partial charge in [-0.3, -0.25) is 0 Å². The number of benzene rings is 1. The summed E-state index contributed by atoms with van der Waals surface area (Å²) in [5.41, 5.74) is -0.0265. The van der Waals surface area contributed by atoms with E-state index in [2.05, 4.69) is 11.9 Å². The second-order valence-corrected chi connectivity index (χ2v) is 5.55. The lowest BCUT2D eigenvalue weighted by Gasteiger charge is -2.32. The number of likely N-dealkylation sites (tertiary alicyclic amines) is 1. The quantitative estimate of drug-likeness (QED) is 0.843. The van der Waals surface area contributed by atoms with Crippen LogP contribution in [0.4, 0.5) is 23.7 Å². The molecule has 0 spiro atoms. The van der Waals surface area contributed by atoms with Crippen molar-refractivity contribution in [3.8, 4) is 0 Å². The van der Waals surface area contributed by atoms with E-state index in [1.807, 2.05) is 0 Å². The summed E-state index contributed by atoms with van der Waals surface area (Å²) in [7, 11) is 0. The fourth-order valence-electron chi connectivity index (χ4n) is 2.41.